The van der Waals surface area contributed by atoms with E-state index in [2.05, 4.69) is 12.1 Å². The maximum Gasteiger partial charge on any atom is 0.338 e. The zero-order chi connectivity index (χ0) is 14.8. The first-order valence-corrected chi connectivity index (χ1v) is 7.11. The van der Waals surface area contributed by atoms with Gasteiger partial charge in [0.25, 0.3) is 0 Å². The van der Waals surface area contributed by atoms with Crippen LogP contribution in [-0.4, -0.2) is 19.7 Å². The Morgan fingerprint density at radius 2 is 2.05 bits per heavy atom. The van der Waals surface area contributed by atoms with Gasteiger partial charge in [-0.3, -0.25) is 0 Å². The van der Waals surface area contributed by atoms with Crippen molar-refractivity contribution in [1.29, 1.82) is 0 Å². The van der Waals surface area contributed by atoms with Gasteiger partial charge in [-0.2, -0.15) is 0 Å². The molecule has 2 aromatic rings. The molecule has 0 bridgehead atoms. The zero-order valence-corrected chi connectivity index (χ0v) is 12.3. The summed E-state index contributed by atoms with van der Waals surface area (Å²) in [6, 6.07) is 14.1. The molecule has 0 saturated carbocycles. The molecular formula is C18H18O3. The summed E-state index contributed by atoms with van der Waals surface area (Å²) in [4.78, 5) is 11.9. The van der Waals surface area contributed by atoms with Crippen LogP contribution in [0.1, 0.15) is 39.4 Å². The van der Waals surface area contributed by atoms with Crippen molar-refractivity contribution in [3.8, 4) is 5.75 Å². The Labute approximate surface area is 124 Å². The number of methoxy groups -OCH3 is 1. The molecule has 0 unspecified atom stereocenters. The van der Waals surface area contributed by atoms with E-state index in [9.17, 15) is 4.79 Å². The number of para-hydroxylation sites is 1. The van der Waals surface area contributed by atoms with Crippen LogP contribution in [0.15, 0.2) is 42.5 Å². The molecule has 108 valence electrons. The fraction of sp³-hybridized carbons (Fsp3) is 0.278. The number of hydrogen-bond acceptors (Lipinski definition) is 3. The Morgan fingerprint density at radius 1 is 1.24 bits per heavy atom. The van der Waals surface area contributed by atoms with E-state index >= 15 is 0 Å². The number of rotatable bonds is 2. The van der Waals surface area contributed by atoms with Gasteiger partial charge in [-0.1, -0.05) is 30.3 Å². The van der Waals surface area contributed by atoms with E-state index in [-0.39, 0.29) is 11.9 Å². The molecule has 1 heterocycles. The van der Waals surface area contributed by atoms with Crippen molar-refractivity contribution < 1.29 is 14.3 Å². The van der Waals surface area contributed by atoms with Gasteiger partial charge in [0, 0.05) is 11.5 Å². The van der Waals surface area contributed by atoms with Gasteiger partial charge in [0.15, 0.2) is 0 Å². The van der Waals surface area contributed by atoms with Crippen molar-refractivity contribution in [3.63, 3.8) is 0 Å². The average Bonchev–Trinajstić information content (AvgIpc) is 2.54. The highest BCUT2D eigenvalue weighted by molar-refractivity contribution is 5.91. The monoisotopic (exact) mass is 282 g/mol. The third-order valence-corrected chi connectivity index (χ3v) is 4.03. The van der Waals surface area contributed by atoms with E-state index in [0.717, 1.165) is 23.3 Å². The molecule has 0 saturated heterocycles. The molecule has 1 aliphatic rings. The average molecular weight is 282 g/mol. The van der Waals surface area contributed by atoms with Crippen molar-refractivity contribution in [2.45, 2.75) is 19.3 Å². The molecule has 3 rings (SSSR count). The van der Waals surface area contributed by atoms with Gasteiger partial charge in [0.2, 0.25) is 0 Å². The highest BCUT2D eigenvalue weighted by Crippen LogP contribution is 2.38. The summed E-state index contributed by atoms with van der Waals surface area (Å²) in [6.45, 7) is 2.62. The van der Waals surface area contributed by atoms with Gasteiger partial charge < -0.3 is 9.47 Å². The minimum atomic E-state index is -0.283. The first-order valence-electron chi connectivity index (χ1n) is 7.11. The van der Waals surface area contributed by atoms with Crippen LogP contribution in [-0.2, 0) is 4.74 Å². The van der Waals surface area contributed by atoms with Gasteiger partial charge in [-0.15, -0.1) is 0 Å². The number of benzene rings is 2. The number of fused-ring (bicyclic) bond motifs is 1. The predicted octanol–water partition coefficient (Wildman–Crippen LogP) is 3.70. The van der Waals surface area contributed by atoms with Gasteiger partial charge in [0.05, 0.1) is 19.3 Å². The minimum Gasteiger partial charge on any atom is -0.493 e. The predicted molar refractivity (Wildman–Crippen MR) is 80.9 cm³/mol. The Kier molecular flexibility index (Phi) is 3.65. The van der Waals surface area contributed by atoms with Gasteiger partial charge in [-0.05, 0) is 36.6 Å². The summed E-state index contributed by atoms with van der Waals surface area (Å²) in [5, 5.41) is 0. The molecule has 0 fully saturated rings. The Balaban J connectivity index is 2.04. The fourth-order valence-electron chi connectivity index (χ4n) is 2.87. The molecule has 2 aromatic carbocycles. The highest BCUT2D eigenvalue weighted by Gasteiger charge is 2.23. The van der Waals surface area contributed by atoms with Crippen molar-refractivity contribution in [2.24, 2.45) is 0 Å². The van der Waals surface area contributed by atoms with Crippen molar-refractivity contribution in [1.82, 2.24) is 0 Å². The van der Waals surface area contributed by atoms with Crippen LogP contribution in [0.2, 0.25) is 0 Å². The lowest BCUT2D eigenvalue weighted by molar-refractivity contribution is 0.0600. The normalized spacial score (nSPS) is 16.8. The highest BCUT2D eigenvalue weighted by atomic mass is 16.5. The molecule has 0 aliphatic carbocycles. The van der Waals surface area contributed by atoms with E-state index in [1.165, 1.54) is 12.7 Å². The van der Waals surface area contributed by atoms with Crippen molar-refractivity contribution in [2.75, 3.05) is 13.7 Å². The minimum absolute atomic E-state index is 0.263. The first-order chi connectivity index (χ1) is 10.2. The zero-order valence-electron chi connectivity index (χ0n) is 12.3. The maximum atomic E-state index is 11.9. The molecule has 1 atom stereocenters. The molecule has 1 aliphatic heterocycles. The lowest BCUT2D eigenvalue weighted by Crippen LogP contribution is -2.16. The fourth-order valence-corrected chi connectivity index (χ4v) is 2.87. The molecular weight excluding hydrogens is 264 g/mol. The second-order valence-corrected chi connectivity index (χ2v) is 5.29. The van der Waals surface area contributed by atoms with E-state index < -0.39 is 0 Å². The van der Waals surface area contributed by atoms with Crippen molar-refractivity contribution >= 4 is 5.97 Å². The van der Waals surface area contributed by atoms with Crippen LogP contribution >= 0.6 is 0 Å². The summed E-state index contributed by atoms with van der Waals surface area (Å²) in [6.07, 6.45) is 0.917. The number of esters is 1. The summed E-state index contributed by atoms with van der Waals surface area (Å²) < 4.78 is 10.6. The number of aryl methyl sites for hydroxylation is 1. The third-order valence-electron chi connectivity index (χ3n) is 4.03. The molecule has 0 amide bonds. The Hall–Kier alpha value is -2.29. The maximum absolute atomic E-state index is 11.9. The Morgan fingerprint density at radius 3 is 2.86 bits per heavy atom. The molecule has 21 heavy (non-hydrogen) atoms. The lowest BCUT2D eigenvalue weighted by Gasteiger charge is -2.26. The Bertz CT molecular complexity index is 676. The second-order valence-electron chi connectivity index (χ2n) is 5.29. The van der Waals surface area contributed by atoms with Crippen LogP contribution in [0.5, 0.6) is 5.75 Å². The molecule has 0 N–H and O–H groups in total. The van der Waals surface area contributed by atoms with Crippen molar-refractivity contribution in [3.05, 3.63) is 64.7 Å². The third kappa shape index (κ3) is 2.51. The molecule has 3 nitrogen and oxygen atoms in total. The standard InChI is InChI=1S/C18H18O3/c1-12-7-8-13(11-16(12)18(19)20-2)14-9-10-21-17-6-4-3-5-15(14)17/h3-8,11,14H,9-10H2,1-2H3/t14-/m1/s1. The topological polar surface area (TPSA) is 35.5 Å². The summed E-state index contributed by atoms with van der Waals surface area (Å²) in [5.41, 5.74) is 3.89. The summed E-state index contributed by atoms with van der Waals surface area (Å²) in [5.74, 6) is 0.919. The van der Waals surface area contributed by atoms with E-state index in [0.29, 0.717) is 12.2 Å². The number of carbonyl (C=O) groups excluding carboxylic acids is 1. The van der Waals surface area contributed by atoms with E-state index in [4.69, 9.17) is 9.47 Å². The van der Waals surface area contributed by atoms with E-state index in [1.807, 2.05) is 37.3 Å². The number of carbonyl (C=O) groups is 1. The number of hydrogen-bond donors (Lipinski definition) is 0. The van der Waals surface area contributed by atoms with Gasteiger partial charge >= 0.3 is 5.97 Å². The largest absolute Gasteiger partial charge is 0.493 e. The molecule has 0 aromatic heterocycles. The van der Waals surface area contributed by atoms with Gasteiger partial charge in [-0.25, -0.2) is 4.79 Å². The summed E-state index contributed by atoms with van der Waals surface area (Å²) >= 11 is 0. The smallest absolute Gasteiger partial charge is 0.338 e. The molecule has 3 heteroatoms. The van der Waals surface area contributed by atoms with Gasteiger partial charge in [0.1, 0.15) is 5.75 Å². The molecule has 0 radical (unpaired) electrons. The van der Waals surface area contributed by atoms with Crippen LogP contribution in [0, 0.1) is 6.92 Å². The first kappa shape index (κ1) is 13.7. The van der Waals surface area contributed by atoms with Crippen LogP contribution in [0.3, 0.4) is 0 Å². The summed E-state index contributed by atoms with van der Waals surface area (Å²) in [7, 11) is 1.41. The van der Waals surface area contributed by atoms with Crippen LogP contribution < -0.4 is 4.74 Å². The number of ether oxygens (including phenoxy) is 2. The lowest BCUT2D eigenvalue weighted by atomic mass is 9.85. The SMILES string of the molecule is COC(=O)c1cc([C@H]2CCOc3ccccc32)ccc1C. The van der Waals surface area contributed by atoms with Crippen LogP contribution in [0.25, 0.3) is 0 Å². The second kappa shape index (κ2) is 5.60. The quantitative estimate of drug-likeness (QED) is 0.788. The molecule has 0 spiro atoms. The van der Waals surface area contributed by atoms with Crippen LogP contribution in [0.4, 0.5) is 0 Å². The van der Waals surface area contributed by atoms with E-state index in [1.54, 1.807) is 0 Å².